The zero-order chi connectivity index (χ0) is 18.4. The highest BCUT2D eigenvalue weighted by molar-refractivity contribution is 7.12. The van der Waals surface area contributed by atoms with Gasteiger partial charge in [0.1, 0.15) is 10.9 Å². The number of carbonyl (C=O) groups excluding carboxylic acids is 3. The third-order valence-electron chi connectivity index (χ3n) is 3.57. The van der Waals surface area contributed by atoms with Crippen LogP contribution in [-0.4, -0.2) is 30.9 Å². The highest BCUT2D eigenvalue weighted by atomic mass is 32.1. The Morgan fingerprint density at radius 2 is 1.76 bits per heavy atom. The minimum absolute atomic E-state index is 0.132. The molecule has 0 unspecified atom stereocenters. The van der Waals surface area contributed by atoms with Crippen LogP contribution in [0.15, 0.2) is 41.8 Å². The van der Waals surface area contributed by atoms with Crippen molar-refractivity contribution in [2.24, 2.45) is 5.92 Å². The summed E-state index contributed by atoms with van der Waals surface area (Å²) in [4.78, 5) is 37.0. The molecule has 6 nitrogen and oxygen atoms in total. The lowest BCUT2D eigenvalue weighted by molar-refractivity contribution is -0.118. The van der Waals surface area contributed by atoms with Crippen molar-refractivity contribution in [1.82, 2.24) is 5.32 Å². The summed E-state index contributed by atoms with van der Waals surface area (Å²) < 4.78 is 4.70. The number of hydrogen-bond acceptors (Lipinski definition) is 5. The molecule has 2 rings (SSSR count). The first-order valence-corrected chi connectivity index (χ1v) is 8.64. The summed E-state index contributed by atoms with van der Waals surface area (Å²) >= 11 is 1.18. The number of anilines is 1. The smallest absolute Gasteiger partial charge is 0.350 e. The molecule has 132 valence electrons. The van der Waals surface area contributed by atoms with E-state index in [0.29, 0.717) is 16.1 Å². The minimum Gasteiger partial charge on any atom is -0.465 e. The molecule has 0 fully saturated rings. The summed E-state index contributed by atoms with van der Waals surface area (Å²) in [6.07, 6.45) is 0. The molecule has 0 saturated heterocycles. The fraction of sp³-hybridized carbons (Fsp3) is 0.278. The molecule has 1 atom stereocenters. The molecule has 1 aromatic carbocycles. The molecule has 7 heteroatoms. The van der Waals surface area contributed by atoms with E-state index in [1.54, 1.807) is 35.7 Å². The maximum Gasteiger partial charge on any atom is 0.350 e. The number of benzene rings is 1. The molecule has 0 aliphatic carbocycles. The second kappa shape index (κ2) is 8.43. The fourth-order valence-corrected chi connectivity index (χ4v) is 2.98. The number of carbonyl (C=O) groups is 3. The Labute approximate surface area is 150 Å². The first kappa shape index (κ1) is 18.7. The zero-order valence-corrected chi connectivity index (χ0v) is 15.1. The van der Waals surface area contributed by atoms with Crippen molar-refractivity contribution >= 4 is 34.8 Å². The Hall–Kier alpha value is -2.67. The van der Waals surface area contributed by atoms with Gasteiger partial charge in [0.15, 0.2) is 0 Å². The zero-order valence-electron chi connectivity index (χ0n) is 14.2. The number of ether oxygens (including phenoxy) is 1. The standard InChI is InChI=1S/C18H20N2O4S/c1-11(2)14(20-16(21)12-7-5-4-6-8-12)17(22)19-13-9-10-25-15(13)18(23)24-3/h4-11,14H,1-3H3,(H,19,22)(H,20,21)/t14-/m0/s1. The minimum atomic E-state index is -0.738. The predicted molar refractivity (Wildman–Crippen MR) is 96.8 cm³/mol. The Morgan fingerprint density at radius 1 is 1.08 bits per heavy atom. The predicted octanol–water partition coefficient (Wildman–Crippen LogP) is 2.93. The molecule has 2 aromatic rings. The molecular formula is C18H20N2O4S. The van der Waals surface area contributed by atoms with Gasteiger partial charge < -0.3 is 15.4 Å². The quantitative estimate of drug-likeness (QED) is 0.776. The van der Waals surface area contributed by atoms with Gasteiger partial charge in [0.25, 0.3) is 5.91 Å². The van der Waals surface area contributed by atoms with Gasteiger partial charge >= 0.3 is 5.97 Å². The van der Waals surface area contributed by atoms with Gasteiger partial charge in [-0.25, -0.2) is 4.79 Å². The average molecular weight is 360 g/mol. The Balaban J connectivity index is 2.12. The molecule has 0 aliphatic rings. The van der Waals surface area contributed by atoms with Gasteiger partial charge in [-0.15, -0.1) is 11.3 Å². The maximum absolute atomic E-state index is 12.6. The van der Waals surface area contributed by atoms with E-state index in [1.165, 1.54) is 18.4 Å². The number of amides is 2. The molecule has 0 bridgehead atoms. The van der Waals surface area contributed by atoms with Gasteiger partial charge in [-0.05, 0) is 29.5 Å². The van der Waals surface area contributed by atoms with Crippen molar-refractivity contribution in [3.8, 4) is 0 Å². The van der Waals surface area contributed by atoms with Crippen LogP contribution in [0.3, 0.4) is 0 Å². The summed E-state index contributed by atoms with van der Waals surface area (Å²) in [6.45, 7) is 3.68. The van der Waals surface area contributed by atoms with E-state index in [0.717, 1.165) is 0 Å². The van der Waals surface area contributed by atoms with Crippen molar-refractivity contribution in [1.29, 1.82) is 0 Å². The van der Waals surface area contributed by atoms with Crippen LogP contribution < -0.4 is 10.6 Å². The number of methoxy groups -OCH3 is 1. The van der Waals surface area contributed by atoms with Gasteiger partial charge in [-0.1, -0.05) is 32.0 Å². The second-order valence-corrected chi connectivity index (χ2v) is 6.62. The Morgan fingerprint density at radius 3 is 2.36 bits per heavy atom. The third-order valence-corrected chi connectivity index (χ3v) is 4.46. The number of esters is 1. The Bertz CT molecular complexity index is 755. The van der Waals surface area contributed by atoms with Crippen LogP contribution in [0, 0.1) is 5.92 Å². The van der Waals surface area contributed by atoms with Crippen LogP contribution in [0.1, 0.15) is 33.9 Å². The van der Waals surface area contributed by atoms with Crippen LogP contribution >= 0.6 is 11.3 Å². The van der Waals surface area contributed by atoms with E-state index in [4.69, 9.17) is 4.74 Å². The monoisotopic (exact) mass is 360 g/mol. The van der Waals surface area contributed by atoms with Gasteiger partial charge in [-0.2, -0.15) is 0 Å². The lowest BCUT2D eigenvalue weighted by Gasteiger charge is -2.21. The molecule has 0 radical (unpaired) electrons. The van der Waals surface area contributed by atoms with Crippen molar-refractivity contribution in [2.45, 2.75) is 19.9 Å². The van der Waals surface area contributed by atoms with Crippen molar-refractivity contribution in [2.75, 3.05) is 12.4 Å². The molecule has 0 saturated carbocycles. The summed E-state index contributed by atoms with van der Waals surface area (Å²) in [5.74, 6) is -1.36. The first-order valence-electron chi connectivity index (χ1n) is 7.76. The van der Waals surface area contributed by atoms with Gasteiger partial charge in [0.2, 0.25) is 5.91 Å². The lowest BCUT2D eigenvalue weighted by Crippen LogP contribution is -2.47. The van der Waals surface area contributed by atoms with Gasteiger partial charge in [0, 0.05) is 5.56 Å². The second-order valence-electron chi connectivity index (χ2n) is 5.71. The van der Waals surface area contributed by atoms with Crippen molar-refractivity contribution < 1.29 is 19.1 Å². The van der Waals surface area contributed by atoms with E-state index in [-0.39, 0.29) is 17.7 Å². The van der Waals surface area contributed by atoms with Crippen molar-refractivity contribution in [3.63, 3.8) is 0 Å². The van der Waals surface area contributed by atoms with E-state index >= 15 is 0 Å². The first-order chi connectivity index (χ1) is 11.9. The van der Waals surface area contributed by atoms with Crippen molar-refractivity contribution in [3.05, 3.63) is 52.2 Å². The SMILES string of the molecule is COC(=O)c1sccc1NC(=O)[C@@H](NC(=O)c1ccccc1)C(C)C. The van der Waals surface area contributed by atoms with E-state index in [1.807, 2.05) is 19.9 Å². The molecular weight excluding hydrogens is 340 g/mol. The topological polar surface area (TPSA) is 84.5 Å². The molecule has 1 heterocycles. The van der Waals surface area contributed by atoms with Gasteiger partial charge in [0.05, 0.1) is 12.8 Å². The molecule has 0 spiro atoms. The maximum atomic E-state index is 12.6. The number of hydrogen-bond donors (Lipinski definition) is 2. The number of thiophene rings is 1. The molecule has 2 N–H and O–H groups in total. The summed E-state index contributed by atoms with van der Waals surface area (Å²) in [5, 5.41) is 7.13. The van der Waals surface area contributed by atoms with Crippen LogP contribution in [0.25, 0.3) is 0 Å². The molecule has 1 aromatic heterocycles. The van der Waals surface area contributed by atoms with Crippen LogP contribution in [0.2, 0.25) is 0 Å². The Kier molecular flexibility index (Phi) is 6.30. The van der Waals surface area contributed by atoms with Crippen LogP contribution in [0.4, 0.5) is 5.69 Å². The summed E-state index contributed by atoms with van der Waals surface area (Å²) in [6, 6.07) is 9.58. The fourth-order valence-electron chi connectivity index (χ4n) is 2.22. The normalized spacial score (nSPS) is 11.7. The number of rotatable bonds is 6. The van der Waals surface area contributed by atoms with Crippen LogP contribution in [-0.2, 0) is 9.53 Å². The average Bonchev–Trinajstić information content (AvgIpc) is 3.07. The largest absolute Gasteiger partial charge is 0.465 e. The third kappa shape index (κ3) is 4.67. The van der Waals surface area contributed by atoms with E-state index in [9.17, 15) is 14.4 Å². The molecule has 25 heavy (non-hydrogen) atoms. The molecule has 0 aliphatic heterocycles. The number of nitrogens with one attached hydrogen (secondary N) is 2. The highest BCUT2D eigenvalue weighted by Gasteiger charge is 2.26. The summed E-state index contributed by atoms with van der Waals surface area (Å²) in [5.41, 5.74) is 0.855. The van der Waals surface area contributed by atoms with E-state index < -0.39 is 12.0 Å². The van der Waals surface area contributed by atoms with Gasteiger partial charge in [-0.3, -0.25) is 9.59 Å². The van der Waals surface area contributed by atoms with E-state index in [2.05, 4.69) is 10.6 Å². The lowest BCUT2D eigenvalue weighted by atomic mass is 10.0. The summed E-state index contributed by atoms with van der Waals surface area (Å²) in [7, 11) is 1.28. The molecule has 2 amide bonds. The van der Waals surface area contributed by atoms with Crippen LogP contribution in [0.5, 0.6) is 0 Å². The highest BCUT2D eigenvalue weighted by Crippen LogP contribution is 2.23.